The number of carbonyl (C=O) groups excluding carboxylic acids is 1. The second kappa shape index (κ2) is 8.24. The maximum absolute atomic E-state index is 13.0. The maximum atomic E-state index is 13.0. The number of hydrogen-bond donors (Lipinski definition) is 1. The van der Waals surface area contributed by atoms with Crippen LogP contribution in [0.2, 0.25) is 5.02 Å². The zero-order valence-corrected chi connectivity index (χ0v) is 16.3. The lowest BCUT2D eigenvalue weighted by molar-refractivity contribution is -0.136. The summed E-state index contributed by atoms with van der Waals surface area (Å²) in [6.07, 6.45) is -3.11. The van der Waals surface area contributed by atoms with Crippen molar-refractivity contribution in [3.63, 3.8) is 0 Å². The Morgan fingerprint density at radius 2 is 1.96 bits per heavy atom. The number of anilines is 1. The van der Waals surface area contributed by atoms with Crippen molar-refractivity contribution in [3.05, 3.63) is 75.5 Å². The lowest BCUT2D eigenvalue weighted by atomic mass is 10.1. The number of carbonyl (C=O) groups is 1. The summed E-state index contributed by atoms with van der Waals surface area (Å²) in [7, 11) is 0. The number of aromatic nitrogens is 2. The van der Waals surface area contributed by atoms with Crippen molar-refractivity contribution in [1.29, 1.82) is 0 Å². The second-order valence-corrected chi connectivity index (χ2v) is 6.91. The van der Waals surface area contributed by atoms with Gasteiger partial charge in [-0.3, -0.25) is 4.79 Å². The molecule has 1 amide bonds. The van der Waals surface area contributed by atoms with E-state index < -0.39 is 17.6 Å². The van der Waals surface area contributed by atoms with Crippen LogP contribution in [0.25, 0.3) is 0 Å². The fourth-order valence-corrected chi connectivity index (χ4v) is 3.04. The van der Waals surface area contributed by atoms with E-state index in [9.17, 15) is 18.0 Å². The van der Waals surface area contributed by atoms with Gasteiger partial charge in [-0.15, -0.1) is 0 Å². The van der Waals surface area contributed by atoms with Crippen LogP contribution in [-0.2, 0) is 12.9 Å². The predicted molar refractivity (Wildman–Crippen MR) is 101 cm³/mol. The van der Waals surface area contributed by atoms with Crippen molar-refractivity contribution < 1.29 is 22.7 Å². The highest BCUT2D eigenvalue weighted by atomic mass is 79.9. The van der Waals surface area contributed by atoms with Gasteiger partial charge in [0.25, 0.3) is 5.91 Å². The lowest BCUT2D eigenvalue weighted by Crippen LogP contribution is -2.17. The molecule has 0 saturated heterocycles. The number of nitrogens with zero attached hydrogens (tertiary/aromatic N) is 2. The van der Waals surface area contributed by atoms with E-state index in [0.29, 0.717) is 10.8 Å². The van der Waals surface area contributed by atoms with Gasteiger partial charge in [0.2, 0.25) is 0 Å². The molecule has 1 aromatic heterocycles. The molecule has 0 aliphatic heterocycles. The number of nitrogens with one attached hydrogen (secondary N) is 1. The Balaban J connectivity index is 1.68. The topological polar surface area (TPSA) is 56.2 Å². The molecule has 1 heterocycles. The van der Waals surface area contributed by atoms with E-state index in [2.05, 4.69) is 26.3 Å². The lowest BCUT2D eigenvalue weighted by Gasteiger charge is -2.12. The van der Waals surface area contributed by atoms with Crippen LogP contribution in [0.5, 0.6) is 5.75 Å². The van der Waals surface area contributed by atoms with Gasteiger partial charge in [-0.1, -0.05) is 39.7 Å². The molecule has 146 valence electrons. The van der Waals surface area contributed by atoms with Crippen LogP contribution in [0.3, 0.4) is 0 Å². The summed E-state index contributed by atoms with van der Waals surface area (Å²) in [5.41, 5.74) is -1.33. The normalized spacial score (nSPS) is 11.3. The number of alkyl halides is 3. The number of benzene rings is 2. The Bertz CT molecular complexity index is 1010. The molecule has 10 heteroatoms. The van der Waals surface area contributed by atoms with Crippen LogP contribution in [-0.4, -0.2) is 15.7 Å². The summed E-state index contributed by atoms with van der Waals surface area (Å²) in [6.45, 7) is -0.0340. The summed E-state index contributed by atoms with van der Waals surface area (Å²) in [5, 5.41) is 6.63. The molecular formula is C18H12BrClF3N3O2. The van der Waals surface area contributed by atoms with Crippen LogP contribution < -0.4 is 10.1 Å². The quantitative estimate of drug-likeness (QED) is 0.523. The molecule has 1 N–H and O–H groups in total. The van der Waals surface area contributed by atoms with Crippen LogP contribution >= 0.6 is 27.5 Å². The number of rotatable bonds is 5. The SMILES string of the molecule is O=C(Nc1ccccc1C(F)(F)F)c1ccn(COc2ccc(Br)cc2Cl)n1. The molecule has 2 aromatic carbocycles. The Morgan fingerprint density at radius 1 is 1.21 bits per heavy atom. The molecule has 0 saturated carbocycles. The minimum atomic E-state index is -4.58. The minimum Gasteiger partial charge on any atom is -0.470 e. The van der Waals surface area contributed by atoms with Crippen LogP contribution in [0.4, 0.5) is 18.9 Å². The Labute approximate surface area is 171 Å². The highest BCUT2D eigenvalue weighted by molar-refractivity contribution is 9.10. The van der Waals surface area contributed by atoms with Gasteiger partial charge in [0.1, 0.15) is 5.75 Å². The molecule has 0 spiro atoms. The Kier molecular flexibility index (Phi) is 5.95. The largest absolute Gasteiger partial charge is 0.470 e. The fraction of sp³-hybridized carbons (Fsp3) is 0.111. The number of amides is 1. The Morgan fingerprint density at radius 3 is 2.68 bits per heavy atom. The first kappa shape index (κ1) is 20.2. The van der Waals surface area contributed by atoms with Gasteiger partial charge < -0.3 is 10.1 Å². The minimum absolute atomic E-state index is 0.0340. The zero-order valence-electron chi connectivity index (χ0n) is 14.0. The Hall–Kier alpha value is -2.52. The monoisotopic (exact) mass is 473 g/mol. The third-order valence-corrected chi connectivity index (χ3v) is 4.39. The first-order valence-electron chi connectivity index (χ1n) is 7.83. The molecule has 0 fully saturated rings. The van der Waals surface area contributed by atoms with Crippen molar-refractivity contribution in [2.75, 3.05) is 5.32 Å². The molecule has 0 radical (unpaired) electrons. The molecule has 0 bridgehead atoms. The van der Waals surface area contributed by atoms with E-state index in [-0.39, 0.29) is 18.1 Å². The molecule has 0 aliphatic carbocycles. The second-order valence-electron chi connectivity index (χ2n) is 5.59. The number of halogens is 5. The van der Waals surface area contributed by atoms with E-state index in [1.165, 1.54) is 35.1 Å². The summed E-state index contributed by atoms with van der Waals surface area (Å²) >= 11 is 9.34. The third kappa shape index (κ3) is 4.85. The van der Waals surface area contributed by atoms with Crippen molar-refractivity contribution >= 4 is 39.1 Å². The molecule has 0 unspecified atom stereocenters. The maximum Gasteiger partial charge on any atom is 0.418 e. The van der Waals surface area contributed by atoms with Crippen molar-refractivity contribution in [2.45, 2.75) is 12.9 Å². The van der Waals surface area contributed by atoms with Crippen LogP contribution in [0.15, 0.2) is 59.2 Å². The van der Waals surface area contributed by atoms with Crippen molar-refractivity contribution in [1.82, 2.24) is 9.78 Å². The zero-order chi connectivity index (χ0) is 20.3. The van der Waals surface area contributed by atoms with Crippen LogP contribution in [0, 0.1) is 0 Å². The van der Waals surface area contributed by atoms with Gasteiger partial charge in [-0.05, 0) is 36.4 Å². The molecule has 0 aliphatic rings. The molecule has 5 nitrogen and oxygen atoms in total. The van der Waals surface area contributed by atoms with E-state index in [1.807, 2.05) is 0 Å². The number of hydrogen-bond acceptors (Lipinski definition) is 3. The van der Waals surface area contributed by atoms with E-state index in [0.717, 1.165) is 10.5 Å². The van der Waals surface area contributed by atoms with Gasteiger partial charge >= 0.3 is 6.18 Å². The molecule has 0 atom stereocenters. The summed E-state index contributed by atoms with van der Waals surface area (Å²) in [4.78, 5) is 12.3. The van der Waals surface area contributed by atoms with Crippen molar-refractivity contribution in [2.24, 2.45) is 0 Å². The predicted octanol–water partition coefficient (Wildman–Crippen LogP) is 5.61. The number of ether oxygens (including phenoxy) is 1. The van der Waals surface area contributed by atoms with Gasteiger partial charge in [-0.2, -0.15) is 18.3 Å². The van der Waals surface area contributed by atoms with Gasteiger partial charge in [0.15, 0.2) is 12.4 Å². The summed E-state index contributed by atoms with van der Waals surface area (Å²) in [5.74, 6) is -0.345. The summed E-state index contributed by atoms with van der Waals surface area (Å²) in [6, 6.07) is 11.2. The molecule has 3 rings (SSSR count). The van der Waals surface area contributed by atoms with Gasteiger partial charge in [0, 0.05) is 10.7 Å². The molecule has 28 heavy (non-hydrogen) atoms. The fourth-order valence-electron chi connectivity index (χ4n) is 2.31. The van der Waals surface area contributed by atoms with Gasteiger partial charge in [-0.25, -0.2) is 4.68 Å². The standard InChI is InChI=1S/C18H12BrClF3N3O2/c19-11-5-6-16(13(20)9-11)28-10-26-8-7-15(25-26)17(27)24-14-4-2-1-3-12(14)18(21,22)23/h1-9H,10H2,(H,24,27). The first-order valence-corrected chi connectivity index (χ1v) is 9.00. The molecule has 3 aromatic rings. The highest BCUT2D eigenvalue weighted by Gasteiger charge is 2.33. The number of para-hydroxylation sites is 1. The smallest absolute Gasteiger partial charge is 0.418 e. The van der Waals surface area contributed by atoms with Crippen LogP contribution in [0.1, 0.15) is 16.1 Å². The average molecular weight is 475 g/mol. The average Bonchev–Trinajstić information content (AvgIpc) is 3.10. The van der Waals surface area contributed by atoms with E-state index in [4.69, 9.17) is 16.3 Å². The summed E-state index contributed by atoms with van der Waals surface area (Å²) < 4.78 is 46.7. The first-order chi connectivity index (χ1) is 13.2. The van der Waals surface area contributed by atoms with Gasteiger partial charge in [0.05, 0.1) is 16.3 Å². The van der Waals surface area contributed by atoms with Crippen molar-refractivity contribution in [3.8, 4) is 5.75 Å². The van der Waals surface area contributed by atoms with E-state index >= 15 is 0 Å². The van der Waals surface area contributed by atoms with E-state index in [1.54, 1.807) is 18.2 Å². The molecular weight excluding hydrogens is 463 g/mol. The third-order valence-electron chi connectivity index (χ3n) is 3.60. The highest BCUT2D eigenvalue weighted by Crippen LogP contribution is 2.34.